The summed E-state index contributed by atoms with van der Waals surface area (Å²) in [5.41, 5.74) is 7.61. The quantitative estimate of drug-likeness (QED) is 0.0962. The van der Waals surface area contributed by atoms with Crippen LogP contribution >= 0.6 is 0 Å². The van der Waals surface area contributed by atoms with Gasteiger partial charge in [-0.2, -0.15) is 0 Å². The molecule has 0 aromatic heterocycles. The Morgan fingerprint density at radius 1 is 0.956 bits per heavy atom. The summed E-state index contributed by atoms with van der Waals surface area (Å²) in [7, 11) is 1.72. The van der Waals surface area contributed by atoms with E-state index >= 15 is 0 Å². The van der Waals surface area contributed by atoms with Gasteiger partial charge in [-0.3, -0.25) is 14.4 Å². The second kappa shape index (κ2) is 15.8. The summed E-state index contributed by atoms with van der Waals surface area (Å²) in [6.45, 7) is 13.0. The maximum atomic E-state index is 12.7. The van der Waals surface area contributed by atoms with Crippen LogP contribution < -0.4 is 16.4 Å². The van der Waals surface area contributed by atoms with Gasteiger partial charge >= 0.3 is 5.97 Å². The van der Waals surface area contributed by atoms with Crippen molar-refractivity contribution in [3.05, 3.63) is 11.6 Å². The molecular weight excluding hydrogens is 562 g/mol. The maximum absolute atomic E-state index is 12.7. The van der Waals surface area contributed by atoms with Gasteiger partial charge in [-0.05, 0) is 118 Å². The zero-order valence-electron chi connectivity index (χ0n) is 29.4. The molecule has 4 N–H and O–H groups in total. The van der Waals surface area contributed by atoms with E-state index in [2.05, 4.69) is 51.3 Å². The Labute approximate surface area is 274 Å². The summed E-state index contributed by atoms with van der Waals surface area (Å²) < 4.78 is 5.94. The molecule has 9 atom stereocenters. The molecule has 3 saturated carbocycles. The highest BCUT2D eigenvalue weighted by molar-refractivity contribution is 5.81. The van der Waals surface area contributed by atoms with E-state index in [1.165, 1.54) is 56.9 Å². The Hall–Kier alpha value is -1.89. The first kappa shape index (κ1) is 36.0. The molecule has 0 heterocycles. The maximum Gasteiger partial charge on any atom is 0.306 e. The van der Waals surface area contributed by atoms with E-state index in [4.69, 9.17) is 10.5 Å². The van der Waals surface area contributed by atoms with Gasteiger partial charge in [0.2, 0.25) is 11.8 Å². The first-order valence-corrected chi connectivity index (χ1v) is 18.5. The lowest BCUT2D eigenvalue weighted by Crippen LogP contribution is -2.51. The number of primary amides is 1. The molecule has 0 saturated heterocycles. The van der Waals surface area contributed by atoms with E-state index in [1.807, 2.05) is 0 Å². The third-order valence-electron chi connectivity index (χ3n) is 13.0. The number of carbonyl (C=O) groups excluding carboxylic acids is 3. The van der Waals surface area contributed by atoms with Crippen molar-refractivity contribution >= 4 is 17.8 Å². The number of amides is 2. The van der Waals surface area contributed by atoms with Gasteiger partial charge in [-0.25, -0.2) is 0 Å². The highest BCUT2D eigenvalue weighted by Gasteiger charge is 2.59. The first-order valence-electron chi connectivity index (χ1n) is 18.5. The van der Waals surface area contributed by atoms with E-state index in [1.54, 1.807) is 7.05 Å². The molecule has 0 aliphatic heterocycles. The van der Waals surface area contributed by atoms with Crippen molar-refractivity contribution < 1.29 is 19.1 Å². The van der Waals surface area contributed by atoms with Gasteiger partial charge in [0.25, 0.3) is 0 Å². The molecule has 7 heteroatoms. The Morgan fingerprint density at radius 2 is 1.73 bits per heavy atom. The van der Waals surface area contributed by atoms with Gasteiger partial charge in [-0.15, -0.1) is 0 Å². The number of likely N-dealkylation sites (N-methyl/N-ethyl adjacent to an activating group) is 1. The van der Waals surface area contributed by atoms with E-state index in [0.717, 1.165) is 67.6 Å². The molecule has 4 aliphatic carbocycles. The summed E-state index contributed by atoms with van der Waals surface area (Å²) in [6, 6.07) is -0.337. The third-order valence-corrected chi connectivity index (χ3v) is 13.0. The van der Waals surface area contributed by atoms with Crippen LogP contribution in [-0.4, -0.2) is 43.5 Å². The fourth-order valence-electron chi connectivity index (χ4n) is 10.4. The lowest BCUT2D eigenvalue weighted by Gasteiger charge is -2.58. The van der Waals surface area contributed by atoms with Crippen LogP contribution in [0.1, 0.15) is 137 Å². The second-order valence-corrected chi connectivity index (χ2v) is 16.2. The van der Waals surface area contributed by atoms with Crippen LogP contribution in [0.4, 0.5) is 0 Å². The summed E-state index contributed by atoms with van der Waals surface area (Å²) in [4.78, 5) is 36.3. The molecule has 7 nitrogen and oxygen atoms in total. The van der Waals surface area contributed by atoms with E-state index < -0.39 is 0 Å². The second-order valence-electron chi connectivity index (χ2n) is 16.2. The van der Waals surface area contributed by atoms with Crippen LogP contribution in [0.5, 0.6) is 0 Å². The fraction of sp³-hybridized carbons (Fsp3) is 0.868. The number of nitrogens with two attached hydrogens (primary N) is 1. The molecule has 45 heavy (non-hydrogen) atoms. The highest BCUT2D eigenvalue weighted by atomic mass is 16.5. The third kappa shape index (κ3) is 8.53. The van der Waals surface area contributed by atoms with Crippen molar-refractivity contribution in [2.75, 3.05) is 13.6 Å². The number of rotatable bonds is 16. The van der Waals surface area contributed by atoms with E-state index in [0.29, 0.717) is 18.4 Å². The predicted molar refractivity (Wildman–Crippen MR) is 181 cm³/mol. The minimum absolute atomic E-state index is 0.0711. The number of unbranched alkanes of at least 4 members (excludes halogenated alkanes) is 1. The molecule has 9 unspecified atom stereocenters. The van der Waals surface area contributed by atoms with Crippen molar-refractivity contribution in [1.82, 2.24) is 10.6 Å². The normalized spacial score (nSPS) is 33.8. The van der Waals surface area contributed by atoms with Gasteiger partial charge in [-0.1, -0.05) is 65.5 Å². The van der Waals surface area contributed by atoms with E-state index in [9.17, 15) is 14.4 Å². The standard InChI is InChI=1S/C38H65N3O4/c1-25(2)10-9-11-26(3)30-15-16-31-29-14-13-27-24-28(19-21-37(27,4)32(29)20-22-38(30,31)5)45-35(43)18-17-34(42)41-23-8-7-12-33(40-6)36(39)44/h13,25-26,28-33,40H,7-12,14-24H2,1-6H3,(H2,39,44)(H,41,42). The SMILES string of the molecule is CNC(CCCCNC(=O)CCC(=O)OC1CCC2(C)C(=CCC3C2CCC2(C)C(C(C)CCCC(C)C)CCC32)C1)C(N)=O. The first-order chi connectivity index (χ1) is 21.4. The molecule has 4 rings (SSSR count). The van der Waals surface area contributed by atoms with Crippen molar-refractivity contribution in [3.63, 3.8) is 0 Å². The lowest BCUT2D eigenvalue weighted by atomic mass is 9.47. The summed E-state index contributed by atoms with van der Waals surface area (Å²) in [5, 5.41) is 5.78. The van der Waals surface area contributed by atoms with Gasteiger partial charge in [0, 0.05) is 19.4 Å². The number of hydrogen-bond acceptors (Lipinski definition) is 5. The molecule has 2 amide bonds. The van der Waals surface area contributed by atoms with Crippen molar-refractivity contribution in [3.8, 4) is 0 Å². The summed E-state index contributed by atoms with van der Waals surface area (Å²) in [6.07, 6.45) is 18.7. The Morgan fingerprint density at radius 3 is 2.44 bits per heavy atom. The zero-order chi connectivity index (χ0) is 32.8. The number of hydrogen-bond donors (Lipinski definition) is 3. The van der Waals surface area contributed by atoms with E-state index in [-0.39, 0.29) is 48.2 Å². The molecule has 0 aromatic carbocycles. The minimum Gasteiger partial charge on any atom is -0.462 e. The number of allylic oxidation sites excluding steroid dienone is 1. The average molecular weight is 628 g/mol. The average Bonchev–Trinajstić information content (AvgIpc) is 3.35. The zero-order valence-corrected chi connectivity index (χ0v) is 29.4. The molecule has 3 fully saturated rings. The highest BCUT2D eigenvalue weighted by Crippen LogP contribution is 2.67. The van der Waals surface area contributed by atoms with Crippen molar-refractivity contribution in [1.29, 1.82) is 0 Å². The van der Waals surface area contributed by atoms with Crippen molar-refractivity contribution in [2.24, 2.45) is 52.1 Å². The number of ether oxygens (including phenoxy) is 1. The van der Waals surface area contributed by atoms with Crippen LogP contribution in [0.2, 0.25) is 0 Å². The Bertz CT molecular complexity index is 1060. The monoisotopic (exact) mass is 627 g/mol. The predicted octanol–water partition coefficient (Wildman–Crippen LogP) is 7.08. The molecule has 0 aromatic rings. The topological polar surface area (TPSA) is 111 Å². The van der Waals surface area contributed by atoms with Gasteiger partial charge in [0.05, 0.1) is 12.5 Å². The molecular formula is C38H65N3O4. The number of nitrogens with one attached hydrogen (secondary N) is 2. The molecule has 256 valence electrons. The Balaban J connectivity index is 1.22. The Kier molecular flexibility index (Phi) is 12.6. The van der Waals surface area contributed by atoms with Crippen LogP contribution in [-0.2, 0) is 19.1 Å². The summed E-state index contributed by atoms with van der Waals surface area (Å²) >= 11 is 0. The van der Waals surface area contributed by atoms with Gasteiger partial charge in [0.15, 0.2) is 0 Å². The number of esters is 1. The smallest absolute Gasteiger partial charge is 0.306 e. The molecule has 0 radical (unpaired) electrons. The fourth-order valence-corrected chi connectivity index (χ4v) is 10.4. The minimum atomic E-state index is -0.358. The summed E-state index contributed by atoms with van der Waals surface area (Å²) in [5.74, 6) is 4.18. The van der Waals surface area contributed by atoms with Crippen LogP contribution in [0.15, 0.2) is 11.6 Å². The van der Waals surface area contributed by atoms with Crippen LogP contribution in [0.25, 0.3) is 0 Å². The molecule has 4 aliphatic rings. The number of carbonyl (C=O) groups is 3. The van der Waals surface area contributed by atoms with Crippen LogP contribution in [0, 0.1) is 46.3 Å². The largest absolute Gasteiger partial charge is 0.462 e. The number of fused-ring (bicyclic) bond motifs is 5. The molecule has 0 spiro atoms. The van der Waals surface area contributed by atoms with Crippen LogP contribution in [0.3, 0.4) is 0 Å². The molecule has 0 bridgehead atoms. The lowest BCUT2D eigenvalue weighted by molar-refractivity contribution is -0.152. The van der Waals surface area contributed by atoms with Gasteiger partial charge in [0.1, 0.15) is 6.10 Å². The van der Waals surface area contributed by atoms with Gasteiger partial charge < -0.3 is 21.1 Å². The van der Waals surface area contributed by atoms with Crippen molar-refractivity contribution in [2.45, 2.75) is 149 Å².